The van der Waals surface area contributed by atoms with Gasteiger partial charge in [-0.05, 0) is 23.8 Å². The molecule has 0 atom stereocenters. The molecule has 1 heterocycles. The summed E-state index contributed by atoms with van der Waals surface area (Å²) >= 11 is 0. The topological polar surface area (TPSA) is 33.1 Å². The van der Waals surface area contributed by atoms with Crippen LogP contribution in [0.3, 0.4) is 0 Å². The largest absolute Gasteiger partial charge is 0.506 e. The summed E-state index contributed by atoms with van der Waals surface area (Å²) in [7, 11) is 0. The third-order valence-corrected chi connectivity index (χ3v) is 2.02. The van der Waals surface area contributed by atoms with E-state index in [2.05, 4.69) is 4.98 Å². The predicted octanol–water partition coefficient (Wildman–Crippen LogP) is 2.96. The molecule has 2 rings (SSSR count). The highest BCUT2D eigenvalue weighted by atomic mass is 16.3. The second kappa shape index (κ2) is 4.42. The second-order valence-electron chi connectivity index (χ2n) is 3.19. The lowest BCUT2D eigenvalue weighted by atomic mass is 10.2. The molecule has 1 aromatic carbocycles. The van der Waals surface area contributed by atoms with Gasteiger partial charge in [-0.2, -0.15) is 0 Å². The van der Waals surface area contributed by atoms with Crippen LogP contribution in [-0.4, -0.2) is 10.1 Å². The van der Waals surface area contributed by atoms with Gasteiger partial charge in [-0.15, -0.1) is 0 Å². The summed E-state index contributed by atoms with van der Waals surface area (Å²) in [4.78, 5) is 4.06. The van der Waals surface area contributed by atoms with Crippen molar-refractivity contribution in [1.29, 1.82) is 0 Å². The molecule has 0 fully saturated rings. The van der Waals surface area contributed by atoms with Crippen molar-refractivity contribution in [2.45, 2.75) is 0 Å². The minimum atomic E-state index is 0.187. The molecule has 0 bridgehead atoms. The van der Waals surface area contributed by atoms with Gasteiger partial charge < -0.3 is 5.11 Å². The van der Waals surface area contributed by atoms with Crippen molar-refractivity contribution in [3.05, 3.63) is 59.9 Å². The van der Waals surface area contributed by atoms with E-state index in [4.69, 9.17) is 5.11 Å². The van der Waals surface area contributed by atoms with E-state index in [-0.39, 0.29) is 5.75 Å². The fourth-order valence-corrected chi connectivity index (χ4v) is 1.24. The van der Waals surface area contributed by atoms with Gasteiger partial charge in [-0.1, -0.05) is 36.4 Å². The number of pyridine rings is 1. The summed E-state index contributed by atoms with van der Waals surface area (Å²) < 4.78 is 0. The zero-order valence-corrected chi connectivity index (χ0v) is 8.17. The van der Waals surface area contributed by atoms with Gasteiger partial charge in [0.05, 0.1) is 11.9 Å². The van der Waals surface area contributed by atoms with Crippen LogP contribution in [-0.2, 0) is 0 Å². The molecule has 0 spiro atoms. The van der Waals surface area contributed by atoms with Gasteiger partial charge in [0, 0.05) is 0 Å². The Morgan fingerprint density at radius 2 is 1.73 bits per heavy atom. The molecule has 0 unspecified atom stereocenters. The van der Waals surface area contributed by atoms with Gasteiger partial charge >= 0.3 is 0 Å². The maximum atomic E-state index is 9.06. The van der Waals surface area contributed by atoms with Gasteiger partial charge in [-0.3, -0.25) is 4.98 Å². The summed E-state index contributed by atoms with van der Waals surface area (Å²) in [6, 6.07) is 13.4. The van der Waals surface area contributed by atoms with E-state index in [1.54, 1.807) is 12.1 Å². The Balaban J connectivity index is 2.15. The molecule has 2 nitrogen and oxygen atoms in total. The van der Waals surface area contributed by atoms with Crippen molar-refractivity contribution >= 4 is 12.2 Å². The summed E-state index contributed by atoms with van der Waals surface area (Å²) in [6.45, 7) is 0. The molecule has 1 N–H and O–H groups in total. The van der Waals surface area contributed by atoms with Crippen LogP contribution in [0.25, 0.3) is 12.2 Å². The highest BCUT2D eigenvalue weighted by Gasteiger charge is 1.89. The first-order valence-corrected chi connectivity index (χ1v) is 4.73. The van der Waals surface area contributed by atoms with Crippen LogP contribution in [0.5, 0.6) is 5.75 Å². The van der Waals surface area contributed by atoms with Crippen molar-refractivity contribution in [3.63, 3.8) is 0 Å². The first kappa shape index (κ1) is 9.46. The molecule has 0 saturated heterocycles. The number of nitrogens with zero attached hydrogens (tertiary/aromatic N) is 1. The first-order chi connectivity index (χ1) is 7.34. The van der Waals surface area contributed by atoms with E-state index in [1.807, 2.05) is 42.5 Å². The molecule has 15 heavy (non-hydrogen) atoms. The Bertz CT molecular complexity index is 446. The van der Waals surface area contributed by atoms with E-state index in [0.29, 0.717) is 0 Å². The molecular formula is C13H11NO. The molecule has 0 amide bonds. The molecule has 0 aliphatic carbocycles. The number of aromatic hydroxyl groups is 1. The fraction of sp³-hybridized carbons (Fsp3) is 0. The second-order valence-corrected chi connectivity index (χ2v) is 3.19. The predicted molar refractivity (Wildman–Crippen MR) is 61.3 cm³/mol. The van der Waals surface area contributed by atoms with Crippen molar-refractivity contribution in [1.82, 2.24) is 4.98 Å². The van der Waals surface area contributed by atoms with Gasteiger partial charge in [0.15, 0.2) is 0 Å². The molecular weight excluding hydrogens is 186 g/mol. The highest BCUT2D eigenvalue weighted by Crippen LogP contribution is 2.09. The normalized spacial score (nSPS) is 10.7. The van der Waals surface area contributed by atoms with E-state index >= 15 is 0 Å². The van der Waals surface area contributed by atoms with Crippen LogP contribution < -0.4 is 0 Å². The average Bonchev–Trinajstić information content (AvgIpc) is 2.30. The fourth-order valence-electron chi connectivity index (χ4n) is 1.24. The van der Waals surface area contributed by atoms with E-state index < -0.39 is 0 Å². The van der Waals surface area contributed by atoms with Crippen molar-refractivity contribution in [2.24, 2.45) is 0 Å². The third-order valence-electron chi connectivity index (χ3n) is 2.02. The third kappa shape index (κ3) is 2.68. The maximum absolute atomic E-state index is 9.06. The van der Waals surface area contributed by atoms with E-state index in [9.17, 15) is 0 Å². The Hall–Kier alpha value is -2.09. The molecule has 2 aromatic rings. The minimum Gasteiger partial charge on any atom is -0.506 e. The smallest absolute Gasteiger partial charge is 0.133 e. The number of hydrogen-bond donors (Lipinski definition) is 1. The van der Waals surface area contributed by atoms with Crippen LogP contribution in [0.4, 0.5) is 0 Å². The van der Waals surface area contributed by atoms with Crippen molar-refractivity contribution < 1.29 is 5.11 Å². The van der Waals surface area contributed by atoms with Crippen LogP contribution in [0, 0.1) is 0 Å². The molecule has 74 valence electrons. The zero-order chi connectivity index (χ0) is 10.5. The number of benzene rings is 1. The molecule has 0 aliphatic rings. The van der Waals surface area contributed by atoms with Crippen LogP contribution in [0.15, 0.2) is 48.7 Å². The summed E-state index contributed by atoms with van der Waals surface area (Å²) in [5.41, 5.74) is 1.96. The SMILES string of the molecule is Oc1ccc(/C=C/c2ccccc2)nc1. The van der Waals surface area contributed by atoms with Gasteiger partial charge in [0.2, 0.25) is 0 Å². The monoisotopic (exact) mass is 197 g/mol. The standard InChI is InChI=1S/C13H11NO/c15-13-9-8-12(14-10-13)7-6-11-4-2-1-3-5-11/h1-10,15H/b7-6+. The maximum Gasteiger partial charge on any atom is 0.133 e. The number of hydrogen-bond acceptors (Lipinski definition) is 2. The number of aromatic nitrogens is 1. The molecule has 0 aliphatic heterocycles. The van der Waals surface area contributed by atoms with Crippen molar-refractivity contribution in [3.8, 4) is 5.75 Å². The lowest BCUT2D eigenvalue weighted by molar-refractivity contribution is 0.472. The summed E-state index contributed by atoms with van der Waals surface area (Å²) in [5.74, 6) is 0.187. The minimum absolute atomic E-state index is 0.187. The van der Waals surface area contributed by atoms with Gasteiger partial charge in [0.1, 0.15) is 5.75 Å². The van der Waals surface area contributed by atoms with Gasteiger partial charge in [0.25, 0.3) is 0 Å². The first-order valence-electron chi connectivity index (χ1n) is 4.73. The van der Waals surface area contributed by atoms with E-state index in [1.165, 1.54) is 6.20 Å². The quantitative estimate of drug-likeness (QED) is 0.802. The summed E-state index contributed by atoms with van der Waals surface area (Å²) in [5, 5.41) is 9.06. The molecule has 1 aromatic heterocycles. The van der Waals surface area contributed by atoms with Crippen molar-refractivity contribution in [2.75, 3.05) is 0 Å². The summed E-state index contributed by atoms with van der Waals surface area (Å²) in [6.07, 6.45) is 5.33. The zero-order valence-electron chi connectivity index (χ0n) is 8.17. The average molecular weight is 197 g/mol. The number of rotatable bonds is 2. The Kier molecular flexibility index (Phi) is 2.79. The van der Waals surface area contributed by atoms with Crippen LogP contribution in [0.1, 0.15) is 11.3 Å². The highest BCUT2D eigenvalue weighted by molar-refractivity contribution is 5.67. The van der Waals surface area contributed by atoms with Gasteiger partial charge in [-0.25, -0.2) is 0 Å². The Morgan fingerprint density at radius 3 is 2.40 bits per heavy atom. The lowest BCUT2D eigenvalue weighted by Gasteiger charge is -1.94. The Morgan fingerprint density at radius 1 is 0.933 bits per heavy atom. The molecule has 2 heteroatoms. The van der Waals surface area contributed by atoms with Crippen LogP contribution in [0.2, 0.25) is 0 Å². The van der Waals surface area contributed by atoms with Crippen LogP contribution >= 0.6 is 0 Å². The lowest BCUT2D eigenvalue weighted by Crippen LogP contribution is -1.77. The van der Waals surface area contributed by atoms with E-state index in [0.717, 1.165) is 11.3 Å². The molecule has 0 radical (unpaired) electrons. The molecule has 0 saturated carbocycles. The Labute approximate surface area is 88.5 Å².